The van der Waals surface area contributed by atoms with Crippen LogP contribution in [-0.2, 0) is 10.0 Å². The molecule has 2 aromatic carbocycles. The first-order valence-electron chi connectivity index (χ1n) is 9.20. The van der Waals surface area contributed by atoms with Crippen LogP contribution in [0.4, 0.5) is 5.69 Å². The van der Waals surface area contributed by atoms with E-state index in [0.717, 1.165) is 19.3 Å². The Morgan fingerprint density at radius 1 is 1.03 bits per heavy atom. The molecule has 0 atom stereocenters. The van der Waals surface area contributed by atoms with Gasteiger partial charge in [-0.25, -0.2) is 8.42 Å². The van der Waals surface area contributed by atoms with E-state index in [1.165, 1.54) is 42.8 Å². The molecule has 2 aromatic rings. The minimum atomic E-state index is -3.51. The number of piperidine rings is 1. The van der Waals surface area contributed by atoms with Crippen molar-refractivity contribution >= 4 is 33.2 Å². The molecule has 0 aromatic heterocycles. The number of hydrogen-bond acceptors (Lipinski definition) is 5. The van der Waals surface area contributed by atoms with Crippen molar-refractivity contribution in [1.29, 1.82) is 0 Å². The Morgan fingerprint density at radius 2 is 1.69 bits per heavy atom. The quantitative estimate of drug-likeness (QED) is 0.741. The first kappa shape index (κ1) is 21.4. The molecule has 29 heavy (non-hydrogen) atoms. The normalized spacial score (nSPS) is 15.0. The van der Waals surface area contributed by atoms with E-state index in [2.05, 4.69) is 5.32 Å². The van der Waals surface area contributed by atoms with Crippen LogP contribution in [0.2, 0.25) is 5.02 Å². The average molecular weight is 439 g/mol. The van der Waals surface area contributed by atoms with Crippen LogP contribution in [0.3, 0.4) is 0 Å². The van der Waals surface area contributed by atoms with Crippen LogP contribution in [0.1, 0.15) is 29.6 Å². The van der Waals surface area contributed by atoms with Crippen molar-refractivity contribution in [3.05, 3.63) is 47.0 Å². The minimum Gasteiger partial charge on any atom is -0.493 e. The zero-order valence-corrected chi connectivity index (χ0v) is 17.8. The number of anilines is 1. The number of hydrogen-bond donors (Lipinski definition) is 1. The fourth-order valence-corrected chi connectivity index (χ4v) is 5.02. The van der Waals surface area contributed by atoms with Crippen molar-refractivity contribution in [2.24, 2.45) is 0 Å². The molecule has 1 aliphatic rings. The van der Waals surface area contributed by atoms with Gasteiger partial charge in [0.05, 0.1) is 24.1 Å². The Kier molecular flexibility index (Phi) is 6.66. The van der Waals surface area contributed by atoms with Crippen molar-refractivity contribution in [3.8, 4) is 11.5 Å². The van der Waals surface area contributed by atoms with Gasteiger partial charge in [0.25, 0.3) is 5.91 Å². The lowest BCUT2D eigenvalue weighted by Gasteiger charge is -2.25. The first-order chi connectivity index (χ1) is 13.9. The summed E-state index contributed by atoms with van der Waals surface area (Å²) in [5.41, 5.74) is 0.760. The van der Waals surface area contributed by atoms with Crippen molar-refractivity contribution in [3.63, 3.8) is 0 Å². The number of rotatable bonds is 6. The zero-order chi connectivity index (χ0) is 21.0. The van der Waals surface area contributed by atoms with E-state index in [9.17, 15) is 13.2 Å². The van der Waals surface area contributed by atoms with Crippen LogP contribution in [-0.4, -0.2) is 45.9 Å². The van der Waals surface area contributed by atoms with Crippen LogP contribution >= 0.6 is 11.6 Å². The molecule has 3 rings (SSSR count). The predicted molar refractivity (Wildman–Crippen MR) is 112 cm³/mol. The van der Waals surface area contributed by atoms with E-state index in [1.807, 2.05) is 0 Å². The number of carbonyl (C=O) groups excluding carboxylic acids is 1. The summed E-state index contributed by atoms with van der Waals surface area (Å²) in [7, 11) is -0.592. The van der Waals surface area contributed by atoms with Gasteiger partial charge in [-0.05, 0) is 49.2 Å². The fourth-order valence-electron chi connectivity index (χ4n) is 3.22. The van der Waals surface area contributed by atoms with Gasteiger partial charge >= 0.3 is 0 Å². The van der Waals surface area contributed by atoms with Crippen LogP contribution < -0.4 is 14.8 Å². The highest BCUT2D eigenvalue weighted by atomic mass is 35.5. The second-order valence-corrected chi connectivity index (χ2v) is 8.98. The Bertz CT molecular complexity index is 987. The van der Waals surface area contributed by atoms with Gasteiger partial charge in [-0.15, -0.1) is 0 Å². The lowest BCUT2D eigenvalue weighted by atomic mass is 10.1. The van der Waals surface area contributed by atoms with E-state index in [0.29, 0.717) is 30.3 Å². The van der Waals surface area contributed by atoms with E-state index in [4.69, 9.17) is 21.1 Å². The second kappa shape index (κ2) is 9.02. The molecule has 0 bridgehead atoms. The topological polar surface area (TPSA) is 84.9 Å². The number of sulfonamides is 1. The molecule has 0 aliphatic carbocycles. The van der Waals surface area contributed by atoms with Crippen LogP contribution in [0.25, 0.3) is 0 Å². The van der Waals surface area contributed by atoms with E-state index < -0.39 is 15.9 Å². The third kappa shape index (κ3) is 4.66. The van der Waals surface area contributed by atoms with Crippen molar-refractivity contribution in [2.45, 2.75) is 24.2 Å². The number of methoxy groups -OCH3 is 2. The molecule has 1 N–H and O–H groups in total. The number of ether oxygens (including phenoxy) is 2. The van der Waals surface area contributed by atoms with E-state index >= 15 is 0 Å². The SMILES string of the molecule is COc1cc(C(=O)Nc2ccc(S(=O)(=O)N3CCCCC3)cc2)cc(Cl)c1OC. The van der Waals surface area contributed by atoms with Crippen LogP contribution in [0.5, 0.6) is 11.5 Å². The molecule has 1 fully saturated rings. The molecular weight excluding hydrogens is 416 g/mol. The first-order valence-corrected chi connectivity index (χ1v) is 11.0. The largest absolute Gasteiger partial charge is 0.493 e. The Labute approximate surface area is 175 Å². The Balaban J connectivity index is 1.76. The maximum atomic E-state index is 12.7. The van der Waals surface area contributed by atoms with Gasteiger partial charge in [0, 0.05) is 24.3 Å². The van der Waals surface area contributed by atoms with Gasteiger partial charge in [-0.3, -0.25) is 4.79 Å². The fraction of sp³-hybridized carbons (Fsp3) is 0.350. The van der Waals surface area contributed by atoms with Gasteiger partial charge in [-0.2, -0.15) is 4.31 Å². The molecule has 0 spiro atoms. The third-order valence-corrected chi connectivity index (χ3v) is 6.95. The molecule has 156 valence electrons. The van der Waals surface area contributed by atoms with Crippen molar-refractivity contribution in [1.82, 2.24) is 4.31 Å². The number of benzene rings is 2. The third-order valence-electron chi connectivity index (χ3n) is 4.76. The minimum absolute atomic E-state index is 0.214. The maximum absolute atomic E-state index is 12.7. The summed E-state index contributed by atoms with van der Waals surface area (Å²) in [4.78, 5) is 12.8. The van der Waals surface area contributed by atoms with Crippen LogP contribution in [0, 0.1) is 0 Å². The number of nitrogens with one attached hydrogen (secondary N) is 1. The summed E-state index contributed by atoms with van der Waals surface area (Å²) in [6.07, 6.45) is 2.81. The molecule has 7 nitrogen and oxygen atoms in total. The van der Waals surface area contributed by atoms with Gasteiger partial charge in [0.2, 0.25) is 10.0 Å². The maximum Gasteiger partial charge on any atom is 0.255 e. The molecule has 0 saturated carbocycles. The van der Waals surface area contributed by atoms with Crippen molar-refractivity contribution < 1.29 is 22.7 Å². The van der Waals surface area contributed by atoms with Crippen molar-refractivity contribution in [2.75, 3.05) is 32.6 Å². The van der Waals surface area contributed by atoms with Crippen LogP contribution in [0.15, 0.2) is 41.3 Å². The molecule has 1 aliphatic heterocycles. The van der Waals surface area contributed by atoms with Gasteiger partial charge < -0.3 is 14.8 Å². The Morgan fingerprint density at radius 3 is 2.28 bits per heavy atom. The van der Waals surface area contributed by atoms with Gasteiger partial charge in [0.1, 0.15) is 0 Å². The zero-order valence-electron chi connectivity index (χ0n) is 16.3. The Hall–Kier alpha value is -2.29. The standard InChI is InChI=1S/C20H23ClN2O5S/c1-27-18-13-14(12-17(21)19(18)28-2)20(24)22-15-6-8-16(9-7-15)29(25,26)23-10-4-3-5-11-23/h6-9,12-13H,3-5,10-11H2,1-2H3,(H,22,24). The molecule has 0 unspecified atom stereocenters. The molecule has 9 heteroatoms. The molecule has 1 amide bonds. The molecule has 0 radical (unpaired) electrons. The summed E-state index contributed by atoms with van der Waals surface area (Å²) >= 11 is 6.15. The average Bonchev–Trinajstić information content (AvgIpc) is 2.74. The van der Waals surface area contributed by atoms with Gasteiger partial charge in [0.15, 0.2) is 11.5 Å². The molecule has 1 heterocycles. The number of halogens is 1. The van der Waals surface area contributed by atoms with E-state index in [1.54, 1.807) is 12.1 Å². The summed E-state index contributed by atoms with van der Waals surface area (Å²) in [6, 6.07) is 9.14. The second-order valence-electron chi connectivity index (χ2n) is 6.64. The lowest BCUT2D eigenvalue weighted by molar-refractivity contribution is 0.102. The predicted octanol–water partition coefficient (Wildman–Crippen LogP) is 3.78. The monoisotopic (exact) mass is 438 g/mol. The highest BCUT2D eigenvalue weighted by molar-refractivity contribution is 7.89. The molecular formula is C20H23ClN2O5S. The number of amides is 1. The number of carbonyl (C=O) groups is 1. The summed E-state index contributed by atoms with van der Waals surface area (Å²) in [5, 5.41) is 2.98. The highest BCUT2D eigenvalue weighted by Crippen LogP contribution is 2.36. The summed E-state index contributed by atoms with van der Waals surface area (Å²) in [5.74, 6) is 0.283. The van der Waals surface area contributed by atoms with Gasteiger partial charge in [-0.1, -0.05) is 18.0 Å². The lowest BCUT2D eigenvalue weighted by Crippen LogP contribution is -2.35. The number of nitrogens with zero attached hydrogens (tertiary/aromatic N) is 1. The summed E-state index contributed by atoms with van der Waals surface area (Å²) in [6.45, 7) is 1.09. The summed E-state index contributed by atoms with van der Waals surface area (Å²) < 4.78 is 37.3. The molecule has 1 saturated heterocycles. The highest BCUT2D eigenvalue weighted by Gasteiger charge is 2.25. The van der Waals surface area contributed by atoms with E-state index in [-0.39, 0.29) is 15.5 Å². The smallest absolute Gasteiger partial charge is 0.255 e.